The molecule has 0 heterocycles. The van der Waals surface area contributed by atoms with Crippen LogP contribution in [0.3, 0.4) is 0 Å². The van der Waals surface area contributed by atoms with Gasteiger partial charge in [-0.15, -0.1) is 0 Å². The quantitative estimate of drug-likeness (QED) is 0.766. The highest BCUT2D eigenvalue weighted by molar-refractivity contribution is 5.90. The number of anilines is 1. The lowest BCUT2D eigenvalue weighted by Crippen LogP contribution is -2.42. The molecule has 2 aromatic rings. The molecule has 0 aliphatic rings. The fraction of sp³-hybridized carbons (Fsp3) is 0.350. The summed E-state index contributed by atoms with van der Waals surface area (Å²) in [6.45, 7) is 6.16. The van der Waals surface area contributed by atoms with Gasteiger partial charge in [0, 0.05) is 13.5 Å². The summed E-state index contributed by atoms with van der Waals surface area (Å²) in [6.07, 6.45) is 0.352. The Bertz CT molecular complexity index is 638. The fourth-order valence-electron chi connectivity index (χ4n) is 2.55. The summed E-state index contributed by atoms with van der Waals surface area (Å²) in [5.41, 5.74) is 6.04. The Morgan fingerprint density at radius 1 is 1.08 bits per heavy atom. The van der Waals surface area contributed by atoms with Gasteiger partial charge in [0.15, 0.2) is 0 Å². The van der Waals surface area contributed by atoms with Crippen molar-refractivity contribution in [1.82, 2.24) is 5.43 Å². The number of amides is 1. The lowest BCUT2D eigenvalue weighted by atomic mass is 9.99. The summed E-state index contributed by atoms with van der Waals surface area (Å²) in [4.78, 5) is 11.9. The zero-order valence-corrected chi connectivity index (χ0v) is 14.6. The predicted octanol–water partition coefficient (Wildman–Crippen LogP) is 3.48. The zero-order valence-electron chi connectivity index (χ0n) is 14.6. The number of aliphatic hydroxyl groups is 1. The first-order valence-corrected chi connectivity index (χ1v) is 8.35. The standard InChI is InChI=1S/C20H26N2O2/c1-15(2)20(24)18-9-11-19(12-10-18)22(16(3)23)21-14-13-17-7-5-4-6-8-17/h4-12,15,20-21,24H,13-14H2,1-3H3. The van der Waals surface area contributed by atoms with E-state index in [1.54, 1.807) is 5.01 Å². The van der Waals surface area contributed by atoms with E-state index in [-0.39, 0.29) is 11.8 Å². The smallest absolute Gasteiger partial charge is 0.238 e. The lowest BCUT2D eigenvalue weighted by molar-refractivity contribution is -0.117. The van der Waals surface area contributed by atoms with Gasteiger partial charge in [-0.3, -0.25) is 4.79 Å². The minimum Gasteiger partial charge on any atom is -0.388 e. The van der Waals surface area contributed by atoms with Crippen LogP contribution in [0.5, 0.6) is 0 Å². The number of rotatable bonds is 7. The van der Waals surface area contributed by atoms with Gasteiger partial charge in [0.1, 0.15) is 0 Å². The number of hydrogen-bond acceptors (Lipinski definition) is 3. The van der Waals surface area contributed by atoms with E-state index in [0.29, 0.717) is 6.54 Å². The van der Waals surface area contributed by atoms with Gasteiger partial charge in [-0.1, -0.05) is 56.3 Å². The zero-order chi connectivity index (χ0) is 17.5. The molecule has 2 rings (SSSR count). The maximum atomic E-state index is 11.9. The van der Waals surface area contributed by atoms with Crippen LogP contribution in [0.1, 0.15) is 38.0 Å². The van der Waals surface area contributed by atoms with Gasteiger partial charge >= 0.3 is 0 Å². The second-order valence-corrected chi connectivity index (χ2v) is 6.28. The SMILES string of the molecule is CC(=O)N(NCCc1ccccc1)c1ccc(C(O)C(C)C)cc1. The Kier molecular flexibility index (Phi) is 6.53. The molecule has 24 heavy (non-hydrogen) atoms. The second-order valence-electron chi connectivity index (χ2n) is 6.28. The molecule has 0 fully saturated rings. The van der Waals surface area contributed by atoms with Crippen LogP contribution in [0.25, 0.3) is 0 Å². The molecule has 0 saturated heterocycles. The Morgan fingerprint density at radius 3 is 2.25 bits per heavy atom. The molecule has 1 amide bonds. The number of carbonyl (C=O) groups excluding carboxylic acids is 1. The highest BCUT2D eigenvalue weighted by atomic mass is 16.3. The van der Waals surface area contributed by atoms with Gasteiger partial charge in [-0.05, 0) is 35.6 Å². The highest BCUT2D eigenvalue weighted by Gasteiger charge is 2.14. The van der Waals surface area contributed by atoms with E-state index in [1.165, 1.54) is 12.5 Å². The molecule has 0 bridgehead atoms. The van der Waals surface area contributed by atoms with E-state index < -0.39 is 6.10 Å². The Morgan fingerprint density at radius 2 is 1.71 bits per heavy atom. The van der Waals surface area contributed by atoms with Crippen molar-refractivity contribution in [2.24, 2.45) is 5.92 Å². The molecule has 2 N–H and O–H groups in total. The number of nitrogens with zero attached hydrogens (tertiary/aromatic N) is 1. The number of hydrogen-bond donors (Lipinski definition) is 2. The van der Waals surface area contributed by atoms with Gasteiger partial charge in [0.05, 0.1) is 11.8 Å². The molecule has 0 aliphatic carbocycles. The summed E-state index contributed by atoms with van der Waals surface area (Å²) in [7, 11) is 0. The fourth-order valence-corrected chi connectivity index (χ4v) is 2.55. The molecule has 128 valence electrons. The Labute approximate surface area is 144 Å². The summed E-state index contributed by atoms with van der Waals surface area (Å²) in [5, 5.41) is 11.7. The van der Waals surface area contributed by atoms with Gasteiger partial charge in [-0.2, -0.15) is 0 Å². The molecule has 2 aromatic carbocycles. The van der Waals surface area contributed by atoms with Crippen LogP contribution in [0, 0.1) is 5.92 Å². The molecular weight excluding hydrogens is 300 g/mol. The van der Waals surface area contributed by atoms with Crippen LogP contribution in [-0.2, 0) is 11.2 Å². The molecule has 0 aromatic heterocycles. The van der Waals surface area contributed by atoms with Crippen molar-refractivity contribution in [2.75, 3.05) is 11.6 Å². The minimum absolute atomic E-state index is 0.0692. The van der Waals surface area contributed by atoms with E-state index in [1.807, 2.05) is 56.3 Å². The van der Waals surface area contributed by atoms with Crippen LogP contribution >= 0.6 is 0 Å². The van der Waals surface area contributed by atoms with Gasteiger partial charge in [0.2, 0.25) is 5.91 Å². The minimum atomic E-state index is -0.490. The first-order chi connectivity index (χ1) is 11.5. The van der Waals surface area contributed by atoms with Crippen LogP contribution < -0.4 is 10.4 Å². The maximum Gasteiger partial charge on any atom is 0.238 e. The number of aliphatic hydroxyl groups excluding tert-OH is 1. The second kappa shape index (κ2) is 8.62. The van der Waals surface area contributed by atoms with Crippen molar-refractivity contribution < 1.29 is 9.90 Å². The first-order valence-electron chi connectivity index (χ1n) is 8.35. The van der Waals surface area contributed by atoms with Gasteiger partial charge in [-0.25, -0.2) is 10.4 Å². The molecule has 4 heteroatoms. The third-order valence-corrected chi connectivity index (χ3v) is 3.97. The van der Waals surface area contributed by atoms with Crippen molar-refractivity contribution in [3.63, 3.8) is 0 Å². The number of carbonyl (C=O) groups is 1. The Hall–Kier alpha value is -2.17. The van der Waals surface area contributed by atoms with Crippen molar-refractivity contribution in [2.45, 2.75) is 33.3 Å². The summed E-state index contributed by atoms with van der Waals surface area (Å²) >= 11 is 0. The number of nitrogens with one attached hydrogen (secondary N) is 1. The van der Waals surface area contributed by atoms with E-state index in [2.05, 4.69) is 17.6 Å². The Balaban J connectivity index is 2.01. The van der Waals surface area contributed by atoms with E-state index >= 15 is 0 Å². The van der Waals surface area contributed by atoms with Crippen molar-refractivity contribution in [3.8, 4) is 0 Å². The summed E-state index contributed by atoms with van der Waals surface area (Å²) in [6, 6.07) is 17.6. The van der Waals surface area contributed by atoms with E-state index in [4.69, 9.17) is 0 Å². The topological polar surface area (TPSA) is 52.6 Å². The molecule has 0 saturated carbocycles. The molecule has 1 atom stereocenters. The summed E-state index contributed by atoms with van der Waals surface area (Å²) < 4.78 is 0. The number of hydrazine groups is 1. The average molecular weight is 326 g/mol. The van der Waals surface area contributed by atoms with Crippen LogP contribution in [0.4, 0.5) is 5.69 Å². The molecular formula is C20H26N2O2. The van der Waals surface area contributed by atoms with Gasteiger partial charge < -0.3 is 5.11 Å². The molecule has 0 aliphatic heterocycles. The third kappa shape index (κ3) is 4.91. The molecule has 4 nitrogen and oxygen atoms in total. The van der Waals surface area contributed by atoms with Crippen molar-refractivity contribution >= 4 is 11.6 Å². The highest BCUT2D eigenvalue weighted by Crippen LogP contribution is 2.23. The average Bonchev–Trinajstić information content (AvgIpc) is 2.59. The predicted molar refractivity (Wildman–Crippen MR) is 97.5 cm³/mol. The van der Waals surface area contributed by atoms with Crippen molar-refractivity contribution in [3.05, 3.63) is 65.7 Å². The maximum absolute atomic E-state index is 11.9. The van der Waals surface area contributed by atoms with Crippen LogP contribution in [0.2, 0.25) is 0 Å². The van der Waals surface area contributed by atoms with Crippen LogP contribution in [-0.4, -0.2) is 17.6 Å². The van der Waals surface area contributed by atoms with E-state index in [0.717, 1.165) is 17.7 Å². The lowest BCUT2D eigenvalue weighted by Gasteiger charge is -2.23. The normalized spacial score (nSPS) is 12.2. The number of benzene rings is 2. The molecule has 0 spiro atoms. The van der Waals surface area contributed by atoms with Gasteiger partial charge in [0.25, 0.3) is 0 Å². The monoisotopic (exact) mass is 326 g/mol. The van der Waals surface area contributed by atoms with E-state index in [9.17, 15) is 9.90 Å². The first kappa shape index (κ1) is 18.2. The third-order valence-electron chi connectivity index (χ3n) is 3.97. The molecule has 1 unspecified atom stereocenters. The summed E-state index contributed by atoms with van der Waals surface area (Å²) in [5.74, 6) is 0.0870. The van der Waals surface area contributed by atoms with Crippen LogP contribution in [0.15, 0.2) is 54.6 Å². The van der Waals surface area contributed by atoms with Crippen molar-refractivity contribution in [1.29, 1.82) is 0 Å². The largest absolute Gasteiger partial charge is 0.388 e. The molecule has 0 radical (unpaired) electrons.